The maximum atomic E-state index is 12.5. The van der Waals surface area contributed by atoms with Gasteiger partial charge in [0.05, 0.1) is 5.60 Å². The molecule has 221 valence electrons. The van der Waals surface area contributed by atoms with E-state index in [2.05, 4.69) is 59.4 Å². The average molecular weight is 556 g/mol. The molecule has 1 fully saturated rings. The Balaban J connectivity index is 0.000000405. The van der Waals surface area contributed by atoms with Crippen LogP contribution in [0.2, 0.25) is 0 Å². The van der Waals surface area contributed by atoms with Crippen molar-refractivity contribution in [2.75, 3.05) is 0 Å². The number of ketones is 1. The number of aryl methyl sites for hydroxylation is 1. The van der Waals surface area contributed by atoms with Crippen LogP contribution in [0.15, 0.2) is 29.8 Å². The third-order valence-electron chi connectivity index (χ3n) is 9.06. The number of hydrogen-bond donors (Lipinski definition) is 1. The van der Waals surface area contributed by atoms with E-state index >= 15 is 0 Å². The molecule has 1 aromatic carbocycles. The zero-order valence-electron chi connectivity index (χ0n) is 27.7. The van der Waals surface area contributed by atoms with E-state index in [4.69, 9.17) is 4.65 Å². The second-order valence-electron chi connectivity index (χ2n) is 14.1. The molecule has 0 spiro atoms. The quantitative estimate of drug-likeness (QED) is 0.187. The predicted molar refractivity (Wildman–Crippen MR) is 177 cm³/mol. The minimum absolute atomic E-state index is 0.0207. The van der Waals surface area contributed by atoms with Crippen molar-refractivity contribution in [2.24, 2.45) is 23.7 Å². The van der Waals surface area contributed by atoms with Crippen LogP contribution in [0.5, 0.6) is 0 Å². The molecule has 1 aromatic rings. The molecular formula is C35H60BO2S. The molecule has 2 aliphatic rings. The maximum absolute atomic E-state index is 12.5. The summed E-state index contributed by atoms with van der Waals surface area (Å²) in [5.74, 6) is 3.40. The molecule has 0 bridgehead atoms. The highest BCUT2D eigenvalue weighted by molar-refractivity contribution is 7.81. The Bertz CT molecular complexity index is 932. The summed E-state index contributed by atoms with van der Waals surface area (Å²) in [5.41, 5.74) is 3.90. The number of benzene rings is 1. The standard InChI is InChI=1S/C20H32BO2S.C8H14.C7H14/c1-13(2)17(22)18(4,5)16-11-10-15(12-14(16)3)21-23-19(6,7)20(8,9)24;1-3-8-5-4-7(2)6-8;1-3-7-4-6(2)5-7/h10-13,24H,1-9H3;4,8H,3,5-6H2,1-2H3;6-7H,3-5H2,1-2H3. The second kappa shape index (κ2) is 15.3. The molecule has 39 heavy (non-hydrogen) atoms. The number of thiol groups is 1. The SMILES string of the molecule is CCC1CC(C)C1.CCC1CC=C(C)C1.Cc1cc([B]OC(C)(C)C(C)(C)S)ccc1C(C)(C)C(=O)C(C)C. The fourth-order valence-electron chi connectivity index (χ4n) is 5.38. The molecule has 1 atom stereocenters. The predicted octanol–water partition coefficient (Wildman–Crippen LogP) is 9.44. The van der Waals surface area contributed by atoms with Crippen LogP contribution in [0.4, 0.5) is 0 Å². The molecule has 1 radical (unpaired) electrons. The molecule has 0 amide bonds. The van der Waals surface area contributed by atoms with Gasteiger partial charge in [0, 0.05) is 16.1 Å². The minimum Gasteiger partial charge on any atom is -0.428 e. The molecule has 1 saturated carbocycles. The Hall–Kier alpha value is -0.995. The lowest BCUT2D eigenvalue weighted by Crippen LogP contribution is -2.45. The van der Waals surface area contributed by atoms with Gasteiger partial charge in [-0.3, -0.25) is 4.79 Å². The summed E-state index contributed by atoms with van der Waals surface area (Å²) >= 11 is 4.62. The molecule has 0 heterocycles. The number of carbonyl (C=O) groups excluding carboxylic acids is 1. The maximum Gasteiger partial charge on any atom is 0.330 e. The zero-order chi connectivity index (χ0) is 30.2. The van der Waals surface area contributed by atoms with Crippen molar-refractivity contribution in [1.82, 2.24) is 0 Å². The van der Waals surface area contributed by atoms with Gasteiger partial charge >= 0.3 is 7.48 Å². The lowest BCUT2D eigenvalue weighted by molar-refractivity contribution is -0.126. The van der Waals surface area contributed by atoms with Crippen molar-refractivity contribution >= 4 is 31.4 Å². The fourth-order valence-corrected chi connectivity index (χ4v) is 5.43. The van der Waals surface area contributed by atoms with Crippen LogP contribution < -0.4 is 5.46 Å². The average Bonchev–Trinajstić information content (AvgIpc) is 3.25. The third kappa shape index (κ3) is 11.1. The van der Waals surface area contributed by atoms with Gasteiger partial charge in [0.25, 0.3) is 0 Å². The van der Waals surface area contributed by atoms with Crippen LogP contribution in [-0.4, -0.2) is 23.6 Å². The van der Waals surface area contributed by atoms with E-state index in [0.29, 0.717) is 0 Å². The van der Waals surface area contributed by atoms with Crippen LogP contribution in [-0.2, 0) is 14.9 Å². The second-order valence-corrected chi connectivity index (χ2v) is 15.3. The van der Waals surface area contributed by atoms with E-state index in [1.54, 1.807) is 13.1 Å². The Labute approximate surface area is 249 Å². The Morgan fingerprint density at radius 1 is 1.03 bits per heavy atom. The number of allylic oxidation sites excluding steroid dienone is 2. The van der Waals surface area contributed by atoms with Crippen molar-refractivity contribution in [1.29, 1.82) is 0 Å². The molecule has 2 aliphatic carbocycles. The molecule has 2 nitrogen and oxygen atoms in total. The summed E-state index contributed by atoms with van der Waals surface area (Å²) in [6.07, 6.45) is 10.8. The molecule has 4 heteroatoms. The van der Waals surface area contributed by atoms with Crippen LogP contribution in [0, 0.1) is 30.6 Å². The van der Waals surface area contributed by atoms with Crippen molar-refractivity contribution < 1.29 is 9.45 Å². The number of rotatable bonds is 9. The summed E-state index contributed by atoms with van der Waals surface area (Å²) < 4.78 is 5.72. The van der Waals surface area contributed by atoms with E-state index in [-0.39, 0.29) is 16.4 Å². The fraction of sp³-hybridized carbons (Fsp3) is 0.743. The first-order chi connectivity index (χ1) is 17.8. The smallest absolute Gasteiger partial charge is 0.330 e. The summed E-state index contributed by atoms with van der Waals surface area (Å²) in [5, 5.41) is 0. The summed E-state index contributed by atoms with van der Waals surface area (Å²) in [6, 6.07) is 6.13. The highest BCUT2D eigenvalue weighted by Crippen LogP contribution is 2.35. The summed E-state index contributed by atoms with van der Waals surface area (Å²) in [6.45, 7) is 27.2. The van der Waals surface area contributed by atoms with E-state index in [1.165, 1.54) is 38.5 Å². The summed E-state index contributed by atoms with van der Waals surface area (Å²) in [4.78, 5) is 12.5. The van der Waals surface area contributed by atoms with Crippen molar-refractivity contribution in [3.63, 3.8) is 0 Å². The molecule has 0 N–H and O–H groups in total. The molecule has 3 rings (SSSR count). The first-order valence-corrected chi connectivity index (χ1v) is 15.8. The Morgan fingerprint density at radius 2 is 1.59 bits per heavy atom. The van der Waals surface area contributed by atoms with Gasteiger partial charge < -0.3 is 4.65 Å². The number of hydrogen-bond acceptors (Lipinski definition) is 3. The normalized spacial score (nSPS) is 21.2. The van der Waals surface area contributed by atoms with E-state index in [0.717, 1.165) is 34.3 Å². The first kappa shape index (κ1) is 36.0. The van der Waals surface area contributed by atoms with E-state index < -0.39 is 11.0 Å². The topological polar surface area (TPSA) is 26.3 Å². The van der Waals surface area contributed by atoms with Crippen LogP contribution in [0.1, 0.15) is 133 Å². The summed E-state index contributed by atoms with van der Waals surface area (Å²) in [7, 11) is 1.78. The van der Waals surface area contributed by atoms with Crippen LogP contribution in [0.3, 0.4) is 0 Å². The van der Waals surface area contributed by atoms with Gasteiger partial charge in [-0.15, -0.1) is 0 Å². The Kier molecular flexibility index (Phi) is 14.1. The molecule has 1 unspecified atom stereocenters. The van der Waals surface area contributed by atoms with E-state index in [1.807, 2.05) is 67.5 Å². The number of carbonyl (C=O) groups is 1. The van der Waals surface area contributed by atoms with Crippen molar-refractivity contribution in [2.45, 2.75) is 144 Å². The highest BCUT2D eigenvalue weighted by Gasteiger charge is 2.35. The lowest BCUT2D eigenvalue weighted by atomic mass is 9.73. The van der Waals surface area contributed by atoms with E-state index in [9.17, 15) is 4.79 Å². The van der Waals surface area contributed by atoms with Gasteiger partial charge in [-0.2, -0.15) is 12.6 Å². The van der Waals surface area contributed by atoms with Crippen LogP contribution in [0.25, 0.3) is 0 Å². The van der Waals surface area contributed by atoms with Gasteiger partial charge in [-0.25, -0.2) is 0 Å². The molecule has 0 saturated heterocycles. The monoisotopic (exact) mass is 555 g/mol. The van der Waals surface area contributed by atoms with Crippen molar-refractivity contribution in [3.05, 3.63) is 41.0 Å². The Morgan fingerprint density at radius 3 is 1.92 bits per heavy atom. The van der Waals surface area contributed by atoms with Gasteiger partial charge in [0.1, 0.15) is 5.78 Å². The molecule has 0 aromatic heterocycles. The van der Waals surface area contributed by atoms with Crippen molar-refractivity contribution in [3.8, 4) is 0 Å². The molecule has 0 aliphatic heterocycles. The highest BCUT2D eigenvalue weighted by atomic mass is 32.1. The first-order valence-electron chi connectivity index (χ1n) is 15.4. The largest absolute Gasteiger partial charge is 0.428 e. The zero-order valence-corrected chi connectivity index (χ0v) is 28.6. The molecular weight excluding hydrogens is 495 g/mol. The van der Waals surface area contributed by atoms with Gasteiger partial charge in [0.15, 0.2) is 0 Å². The third-order valence-corrected chi connectivity index (χ3v) is 9.60. The lowest BCUT2D eigenvalue weighted by Gasteiger charge is -2.38. The number of Topliss-reactive ketones (excluding diaryl/α,β-unsaturated/α-hetero) is 1. The van der Waals surface area contributed by atoms with Gasteiger partial charge in [0.2, 0.25) is 0 Å². The van der Waals surface area contributed by atoms with Crippen LogP contribution >= 0.6 is 12.6 Å². The van der Waals surface area contributed by atoms with Gasteiger partial charge in [-0.1, -0.05) is 82.8 Å². The van der Waals surface area contributed by atoms with Gasteiger partial charge in [-0.05, 0) is 110 Å². The minimum atomic E-state index is -0.482.